The molecular formula is C50H44N8O2. The standard InChI is InChI=1S/C50H44N8O2/c1-48(2,3)32-19-11-16-28-37(32)46-54-41(28)52-44-36-26(31-24-25(59)22-23-35(31)60)14-10-15-27(36)40(51-44)53-45-38-29(17-12-20-33(38)49(4,5)6)42(55-45)57-47-39-30(43(56-46)58-47)18-13-21-34(39)50(7,8)9/h10-24H,1-9H3,(H2,51,52,53,54,55,56,57,58). The van der Waals surface area contributed by atoms with Gasteiger partial charge in [-0.1, -0.05) is 135 Å². The van der Waals surface area contributed by atoms with Crippen molar-refractivity contribution in [2.24, 2.45) is 0 Å². The van der Waals surface area contributed by atoms with Crippen LogP contribution in [0.3, 0.4) is 0 Å². The maximum atomic E-state index is 13.4. The summed E-state index contributed by atoms with van der Waals surface area (Å²) in [6.07, 6.45) is 3.99. The highest BCUT2D eigenvalue weighted by Crippen LogP contribution is 2.44. The molecular weight excluding hydrogens is 745 g/mol. The van der Waals surface area contributed by atoms with E-state index in [4.69, 9.17) is 29.9 Å². The van der Waals surface area contributed by atoms with Gasteiger partial charge in [-0.3, -0.25) is 9.59 Å². The van der Waals surface area contributed by atoms with E-state index in [-0.39, 0.29) is 33.4 Å². The van der Waals surface area contributed by atoms with Crippen LogP contribution in [0.2, 0.25) is 0 Å². The Labute approximate surface area is 347 Å². The number of H-pyrrole nitrogens is 2. The van der Waals surface area contributed by atoms with E-state index >= 15 is 0 Å². The summed E-state index contributed by atoms with van der Waals surface area (Å²) < 4.78 is 0. The van der Waals surface area contributed by atoms with Gasteiger partial charge in [-0.2, -0.15) is 0 Å². The van der Waals surface area contributed by atoms with Gasteiger partial charge in [0.05, 0.1) is 0 Å². The average molecular weight is 789 g/mol. The highest BCUT2D eigenvalue weighted by Gasteiger charge is 2.31. The molecule has 0 fully saturated rings. The molecule has 2 aliphatic heterocycles. The molecule has 0 saturated carbocycles. The number of aromatic amines is 2. The molecule has 3 aromatic heterocycles. The molecule has 10 rings (SSSR count). The Morgan fingerprint density at radius 3 is 1.40 bits per heavy atom. The summed E-state index contributed by atoms with van der Waals surface area (Å²) in [5.74, 6) is 1.33. The number of carbonyl (C=O) groups is 2. The first-order valence-corrected chi connectivity index (χ1v) is 20.3. The van der Waals surface area contributed by atoms with Gasteiger partial charge in [0.2, 0.25) is 0 Å². The van der Waals surface area contributed by atoms with Crippen molar-refractivity contribution >= 4 is 61.3 Å². The molecule has 1 aliphatic carbocycles. The van der Waals surface area contributed by atoms with Crippen molar-refractivity contribution in [1.82, 2.24) is 39.9 Å². The maximum absolute atomic E-state index is 13.4. The average Bonchev–Trinajstić information content (AvgIpc) is 3.93. The van der Waals surface area contributed by atoms with Crippen molar-refractivity contribution in [3.8, 4) is 45.6 Å². The van der Waals surface area contributed by atoms with Gasteiger partial charge < -0.3 is 9.97 Å². The third-order valence-corrected chi connectivity index (χ3v) is 11.6. The van der Waals surface area contributed by atoms with Crippen molar-refractivity contribution < 1.29 is 9.59 Å². The van der Waals surface area contributed by atoms with Gasteiger partial charge in [-0.15, -0.1) is 0 Å². The molecule has 296 valence electrons. The monoisotopic (exact) mass is 788 g/mol. The molecule has 10 heteroatoms. The number of carbonyl (C=O) groups excluding carboxylic acids is 2. The number of rotatable bonds is 1. The highest BCUT2D eigenvalue weighted by atomic mass is 16.1. The van der Waals surface area contributed by atoms with Crippen LogP contribution >= 0.6 is 0 Å². The Hall–Kier alpha value is -6.94. The molecule has 10 nitrogen and oxygen atoms in total. The topological polar surface area (TPSA) is 143 Å². The van der Waals surface area contributed by atoms with E-state index in [0.29, 0.717) is 62.6 Å². The molecule has 0 amide bonds. The van der Waals surface area contributed by atoms with Crippen molar-refractivity contribution in [2.75, 3.05) is 0 Å². The van der Waals surface area contributed by atoms with Crippen LogP contribution in [0.25, 0.3) is 95.3 Å². The molecule has 4 aromatic carbocycles. The SMILES string of the molecule is CC(C)(C)c1cccc2c1-c1nc-2nc2[nH]c(nc3nc(nc4[nH]c(n1)c1cccc(C(C)(C)C)c41)-c1cccc(C4=CC(=O)C=CC4=O)c1-3)c1cccc(C(C)(C)C)c21. The molecule has 7 aromatic rings. The summed E-state index contributed by atoms with van der Waals surface area (Å²) in [4.78, 5) is 65.2. The number of aromatic nitrogens is 8. The van der Waals surface area contributed by atoms with E-state index in [0.717, 1.165) is 49.4 Å². The molecule has 0 radical (unpaired) electrons. The van der Waals surface area contributed by atoms with E-state index in [1.807, 2.05) is 30.3 Å². The number of nitrogens with one attached hydrogen (secondary N) is 2. The summed E-state index contributed by atoms with van der Waals surface area (Å²) in [5, 5.41) is 3.60. The first kappa shape index (κ1) is 37.3. The van der Waals surface area contributed by atoms with E-state index < -0.39 is 0 Å². The predicted molar refractivity (Wildman–Crippen MR) is 239 cm³/mol. The smallest absolute Gasteiger partial charge is 0.186 e. The zero-order valence-electron chi connectivity index (χ0n) is 35.2. The molecule has 5 heterocycles. The largest absolute Gasteiger partial charge is 0.324 e. The molecule has 0 saturated heterocycles. The quantitative estimate of drug-likeness (QED) is 0.157. The summed E-state index contributed by atoms with van der Waals surface area (Å²) in [5.41, 5.74) is 8.87. The van der Waals surface area contributed by atoms with Crippen LogP contribution < -0.4 is 0 Å². The summed E-state index contributed by atoms with van der Waals surface area (Å²) >= 11 is 0. The van der Waals surface area contributed by atoms with Crippen LogP contribution in [0.5, 0.6) is 0 Å². The number of allylic oxidation sites excluding steroid dienone is 4. The second-order valence-corrected chi connectivity index (χ2v) is 18.9. The predicted octanol–water partition coefficient (Wildman–Crippen LogP) is 10.9. The Bertz CT molecular complexity index is 3280. The van der Waals surface area contributed by atoms with Crippen LogP contribution in [0, 0.1) is 0 Å². The second kappa shape index (κ2) is 12.8. The number of ketones is 2. The lowest BCUT2D eigenvalue weighted by atomic mass is 9.82. The molecule has 8 bridgehead atoms. The van der Waals surface area contributed by atoms with Crippen molar-refractivity contribution in [3.63, 3.8) is 0 Å². The van der Waals surface area contributed by atoms with Crippen molar-refractivity contribution in [1.29, 1.82) is 0 Å². The molecule has 60 heavy (non-hydrogen) atoms. The Morgan fingerprint density at radius 2 is 0.867 bits per heavy atom. The Balaban J connectivity index is 1.44. The Kier molecular flexibility index (Phi) is 7.95. The zero-order valence-corrected chi connectivity index (χ0v) is 35.2. The van der Waals surface area contributed by atoms with Gasteiger partial charge in [0.15, 0.2) is 34.9 Å². The van der Waals surface area contributed by atoms with Gasteiger partial charge in [0.25, 0.3) is 0 Å². The molecule has 2 N–H and O–H groups in total. The summed E-state index contributed by atoms with van der Waals surface area (Å²) in [7, 11) is 0. The van der Waals surface area contributed by atoms with Crippen LogP contribution in [-0.2, 0) is 25.8 Å². The Morgan fingerprint density at radius 1 is 0.433 bits per heavy atom. The number of fused-ring (bicyclic) bond motifs is 20. The lowest BCUT2D eigenvalue weighted by Crippen LogP contribution is -2.12. The highest BCUT2D eigenvalue weighted by molar-refractivity contribution is 6.35. The zero-order chi connectivity index (χ0) is 42.0. The molecule has 0 atom stereocenters. The van der Waals surface area contributed by atoms with Gasteiger partial charge in [-0.25, -0.2) is 29.9 Å². The maximum Gasteiger partial charge on any atom is 0.186 e. The normalized spacial score (nSPS) is 14.2. The van der Waals surface area contributed by atoms with E-state index in [1.54, 1.807) is 0 Å². The van der Waals surface area contributed by atoms with Gasteiger partial charge in [0, 0.05) is 49.4 Å². The van der Waals surface area contributed by atoms with E-state index in [1.165, 1.54) is 18.2 Å². The van der Waals surface area contributed by atoms with Crippen molar-refractivity contribution in [2.45, 2.75) is 78.6 Å². The number of hydrogen-bond donors (Lipinski definition) is 2. The minimum atomic E-state index is -0.271. The minimum Gasteiger partial charge on any atom is -0.324 e. The minimum absolute atomic E-state index is 0.221. The molecule has 3 aliphatic rings. The van der Waals surface area contributed by atoms with Crippen LogP contribution in [0.4, 0.5) is 0 Å². The lowest BCUT2D eigenvalue weighted by molar-refractivity contribution is -0.113. The summed E-state index contributed by atoms with van der Waals surface area (Å²) in [6.45, 7) is 19.7. The van der Waals surface area contributed by atoms with Gasteiger partial charge in [0.1, 0.15) is 22.6 Å². The molecule has 0 spiro atoms. The fraction of sp³-hybridized carbons (Fsp3) is 0.240. The van der Waals surface area contributed by atoms with E-state index in [2.05, 4.69) is 115 Å². The first-order chi connectivity index (χ1) is 28.5. The number of nitrogens with zero attached hydrogens (tertiary/aromatic N) is 6. The van der Waals surface area contributed by atoms with E-state index in [9.17, 15) is 9.59 Å². The number of benzene rings is 4. The van der Waals surface area contributed by atoms with Gasteiger partial charge in [-0.05, 0) is 56.7 Å². The third-order valence-electron chi connectivity index (χ3n) is 11.6. The number of hydrogen-bond acceptors (Lipinski definition) is 8. The third kappa shape index (κ3) is 5.84. The second-order valence-electron chi connectivity index (χ2n) is 18.9. The van der Waals surface area contributed by atoms with Crippen LogP contribution in [-0.4, -0.2) is 51.4 Å². The lowest BCUT2D eigenvalue weighted by Gasteiger charge is -2.22. The fourth-order valence-corrected chi connectivity index (χ4v) is 8.80. The van der Waals surface area contributed by atoms with Crippen LogP contribution in [0.1, 0.15) is 84.6 Å². The first-order valence-electron chi connectivity index (χ1n) is 20.3. The van der Waals surface area contributed by atoms with Crippen LogP contribution in [0.15, 0.2) is 91.0 Å². The summed E-state index contributed by atoms with van der Waals surface area (Å²) in [6, 6.07) is 24.4. The molecule has 0 unspecified atom stereocenters. The van der Waals surface area contributed by atoms with Gasteiger partial charge >= 0.3 is 0 Å². The van der Waals surface area contributed by atoms with Crippen molar-refractivity contribution in [3.05, 3.63) is 113 Å². The fourth-order valence-electron chi connectivity index (χ4n) is 8.80.